The van der Waals surface area contributed by atoms with Crippen LogP contribution in [0.2, 0.25) is 0 Å². The Morgan fingerprint density at radius 2 is 2.00 bits per heavy atom. The number of fused-ring (bicyclic) bond motifs is 2. The maximum Gasteiger partial charge on any atom is 0.332 e. The average molecular weight is 380 g/mol. The third-order valence-corrected chi connectivity index (χ3v) is 5.11. The van der Waals surface area contributed by atoms with Crippen LogP contribution in [0.5, 0.6) is 5.75 Å². The van der Waals surface area contributed by atoms with Gasteiger partial charge in [0.1, 0.15) is 17.7 Å². The summed E-state index contributed by atoms with van der Waals surface area (Å²) in [5.41, 5.74) is 0.982. The van der Waals surface area contributed by atoms with E-state index in [4.69, 9.17) is 4.74 Å². The number of rotatable bonds is 3. The molecule has 0 saturated heterocycles. The molecule has 0 fully saturated rings. The molecule has 1 amide bonds. The molecular weight excluding hydrogens is 360 g/mol. The lowest BCUT2D eigenvalue weighted by Crippen LogP contribution is -2.45. The zero-order valence-corrected chi connectivity index (χ0v) is 15.7. The van der Waals surface area contributed by atoms with Crippen molar-refractivity contribution < 1.29 is 9.53 Å². The van der Waals surface area contributed by atoms with Crippen molar-refractivity contribution in [3.05, 3.63) is 62.9 Å². The fourth-order valence-electron chi connectivity index (χ4n) is 3.71. The maximum absolute atomic E-state index is 13.0. The molecule has 1 aliphatic heterocycles. The largest absolute Gasteiger partial charge is 0.496 e. The minimum Gasteiger partial charge on any atom is -0.496 e. The molecule has 144 valence electrons. The van der Waals surface area contributed by atoms with Gasteiger partial charge < -0.3 is 9.64 Å². The van der Waals surface area contributed by atoms with Crippen molar-refractivity contribution >= 4 is 22.6 Å². The van der Waals surface area contributed by atoms with Gasteiger partial charge in [0.2, 0.25) is 5.91 Å². The summed E-state index contributed by atoms with van der Waals surface area (Å²) in [6.07, 6.45) is 3.21. The Labute approximate surface area is 160 Å². The van der Waals surface area contributed by atoms with Crippen LogP contribution in [0.1, 0.15) is 12.0 Å². The molecule has 28 heavy (non-hydrogen) atoms. The zero-order chi connectivity index (χ0) is 19.8. The van der Waals surface area contributed by atoms with E-state index in [0.717, 1.165) is 28.7 Å². The van der Waals surface area contributed by atoms with Gasteiger partial charge in [-0.1, -0.05) is 18.2 Å². The third-order valence-electron chi connectivity index (χ3n) is 5.11. The summed E-state index contributed by atoms with van der Waals surface area (Å²) in [6, 6.07) is 9.26. The van der Waals surface area contributed by atoms with Crippen molar-refractivity contribution in [2.45, 2.75) is 19.4 Å². The highest BCUT2D eigenvalue weighted by molar-refractivity contribution is 5.94. The quantitative estimate of drug-likeness (QED) is 0.679. The number of para-hydroxylation sites is 1. The summed E-state index contributed by atoms with van der Waals surface area (Å²) in [7, 11) is 2.97. The van der Waals surface area contributed by atoms with Crippen molar-refractivity contribution in [2.24, 2.45) is 7.05 Å². The first kappa shape index (κ1) is 18.0. The van der Waals surface area contributed by atoms with Gasteiger partial charge in [-0.25, -0.2) is 14.3 Å². The lowest BCUT2D eigenvalue weighted by Gasteiger charge is -2.29. The van der Waals surface area contributed by atoms with Crippen LogP contribution in [0, 0.1) is 0 Å². The van der Waals surface area contributed by atoms with Gasteiger partial charge in [-0.05, 0) is 30.5 Å². The van der Waals surface area contributed by atoms with Crippen molar-refractivity contribution in [3.8, 4) is 5.75 Å². The van der Waals surface area contributed by atoms with Gasteiger partial charge in [0.25, 0.3) is 5.56 Å². The highest BCUT2D eigenvalue weighted by atomic mass is 16.5. The topological polar surface area (TPSA) is 86.4 Å². The van der Waals surface area contributed by atoms with E-state index in [9.17, 15) is 14.4 Å². The number of hydrogen-bond acceptors (Lipinski definition) is 5. The van der Waals surface area contributed by atoms with E-state index in [1.54, 1.807) is 11.0 Å². The van der Waals surface area contributed by atoms with Crippen LogP contribution in [0.3, 0.4) is 0 Å². The predicted molar refractivity (Wildman–Crippen MR) is 105 cm³/mol. The Morgan fingerprint density at radius 1 is 1.21 bits per heavy atom. The normalized spacial score (nSPS) is 13.4. The van der Waals surface area contributed by atoms with E-state index in [-0.39, 0.29) is 23.5 Å². The number of hydrogen-bond donors (Lipinski definition) is 0. The van der Waals surface area contributed by atoms with Crippen molar-refractivity contribution in [1.29, 1.82) is 0 Å². The average Bonchev–Trinajstić information content (AvgIpc) is 2.74. The van der Waals surface area contributed by atoms with Crippen LogP contribution in [-0.4, -0.2) is 33.7 Å². The number of amides is 1. The molecule has 0 atom stereocenters. The first-order valence-corrected chi connectivity index (χ1v) is 9.03. The van der Waals surface area contributed by atoms with Crippen molar-refractivity contribution in [3.63, 3.8) is 0 Å². The molecule has 0 bridgehead atoms. The molecule has 0 radical (unpaired) electrons. The van der Waals surface area contributed by atoms with E-state index in [2.05, 4.69) is 4.98 Å². The van der Waals surface area contributed by atoms with Gasteiger partial charge in [-0.3, -0.25) is 14.2 Å². The molecule has 1 aromatic carbocycles. The lowest BCUT2D eigenvalue weighted by atomic mass is 10.0. The zero-order valence-electron chi connectivity index (χ0n) is 15.7. The number of carbonyl (C=O) groups excluding carboxylic acids is 1. The van der Waals surface area contributed by atoms with Crippen LogP contribution < -0.4 is 20.9 Å². The van der Waals surface area contributed by atoms with Gasteiger partial charge >= 0.3 is 5.69 Å². The molecule has 4 rings (SSSR count). The van der Waals surface area contributed by atoms with E-state index >= 15 is 0 Å². The Bertz CT molecular complexity index is 1200. The third kappa shape index (κ3) is 2.77. The van der Waals surface area contributed by atoms with Crippen LogP contribution >= 0.6 is 0 Å². The fraction of sp³-hybridized carbons (Fsp3) is 0.300. The highest BCUT2D eigenvalue weighted by Gasteiger charge is 2.24. The second-order valence-electron chi connectivity index (χ2n) is 6.72. The number of aryl methyl sites for hydroxylation is 2. The summed E-state index contributed by atoms with van der Waals surface area (Å²) >= 11 is 0. The molecule has 3 aromatic rings. The highest BCUT2D eigenvalue weighted by Crippen LogP contribution is 2.26. The minimum atomic E-state index is -0.586. The standard InChI is InChI=1S/C20H20N4O4/c1-22-18-17(15(28-2)9-10-21-18)19(26)24(20(22)27)12-16(25)23-11-5-7-13-6-3-4-8-14(13)23/h3-4,6,8-10H,5,7,11-12H2,1-2H3. The van der Waals surface area contributed by atoms with Crippen LogP contribution in [0.4, 0.5) is 5.69 Å². The van der Waals surface area contributed by atoms with E-state index in [1.165, 1.54) is 24.9 Å². The van der Waals surface area contributed by atoms with Gasteiger partial charge in [0, 0.05) is 25.5 Å². The Kier molecular flexibility index (Phi) is 4.46. The Balaban J connectivity index is 1.80. The number of pyridine rings is 1. The predicted octanol–water partition coefficient (Wildman–Crippen LogP) is 1.08. The van der Waals surface area contributed by atoms with Crippen LogP contribution in [0.15, 0.2) is 46.1 Å². The SMILES string of the molecule is COc1ccnc2c1c(=O)n(CC(=O)N1CCCc3ccccc31)c(=O)n2C. The van der Waals surface area contributed by atoms with Gasteiger partial charge in [0.05, 0.1) is 7.11 Å². The van der Waals surface area contributed by atoms with Crippen LogP contribution in [0.25, 0.3) is 11.0 Å². The molecule has 1 aliphatic rings. The molecule has 0 spiro atoms. The van der Waals surface area contributed by atoms with Crippen molar-refractivity contribution in [2.75, 3.05) is 18.6 Å². The molecule has 2 aromatic heterocycles. The van der Waals surface area contributed by atoms with Crippen molar-refractivity contribution in [1.82, 2.24) is 14.1 Å². The molecule has 8 nitrogen and oxygen atoms in total. The molecule has 0 N–H and O–H groups in total. The van der Waals surface area contributed by atoms with E-state index in [1.807, 2.05) is 24.3 Å². The maximum atomic E-state index is 13.0. The second kappa shape index (κ2) is 6.95. The van der Waals surface area contributed by atoms with Gasteiger partial charge in [-0.15, -0.1) is 0 Å². The number of aromatic nitrogens is 3. The smallest absolute Gasteiger partial charge is 0.332 e. The number of nitrogens with zero attached hydrogens (tertiary/aromatic N) is 4. The molecule has 0 unspecified atom stereocenters. The molecule has 3 heterocycles. The first-order valence-electron chi connectivity index (χ1n) is 9.03. The summed E-state index contributed by atoms with van der Waals surface area (Å²) in [5, 5.41) is 0.180. The number of methoxy groups -OCH3 is 1. The number of ether oxygens (including phenoxy) is 1. The first-order chi connectivity index (χ1) is 13.5. The number of carbonyl (C=O) groups is 1. The summed E-state index contributed by atoms with van der Waals surface area (Å²) in [5.74, 6) is 0.0173. The van der Waals surface area contributed by atoms with Gasteiger partial charge in [0.15, 0.2) is 5.65 Å². The Hall–Kier alpha value is -3.42. The Morgan fingerprint density at radius 3 is 2.79 bits per heavy atom. The van der Waals surface area contributed by atoms with Gasteiger partial charge in [-0.2, -0.15) is 0 Å². The molecule has 0 aliphatic carbocycles. The fourth-order valence-corrected chi connectivity index (χ4v) is 3.71. The minimum absolute atomic E-state index is 0.180. The number of benzene rings is 1. The van der Waals surface area contributed by atoms with E-state index in [0.29, 0.717) is 12.3 Å². The van der Waals surface area contributed by atoms with E-state index < -0.39 is 11.2 Å². The van der Waals surface area contributed by atoms with Crippen LogP contribution in [-0.2, 0) is 24.8 Å². The summed E-state index contributed by atoms with van der Waals surface area (Å²) < 4.78 is 7.47. The summed E-state index contributed by atoms with van der Waals surface area (Å²) in [4.78, 5) is 44.5. The monoisotopic (exact) mass is 380 g/mol. The molecule has 8 heteroatoms. The number of anilines is 1. The molecular formula is C20H20N4O4. The lowest BCUT2D eigenvalue weighted by molar-refractivity contribution is -0.119. The molecule has 0 saturated carbocycles. The second-order valence-corrected chi connectivity index (χ2v) is 6.72. The summed E-state index contributed by atoms with van der Waals surface area (Å²) in [6.45, 7) is 0.219.